The molecule has 1 N–H and O–H groups in total. The highest BCUT2D eigenvalue weighted by molar-refractivity contribution is 5.65. The Balaban J connectivity index is 2.01. The Morgan fingerprint density at radius 2 is 1.57 bits per heavy atom. The molecular formula is C24H23F7O4. The molecule has 1 aliphatic rings. The fourth-order valence-corrected chi connectivity index (χ4v) is 4.35. The number of rotatable bonds is 7. The second kappa shape index (κ2) is 10.5. The molecule has 2 aromatic carbocycles. The van der Waals surface area contributed by atoms with Crippen LogP contribution >= 0.6 is 0 Å². The van der Waals surface area contributed by atoms with E-state index in [2.05, 4.69) is 0 Å². The molecular weight excluding hydrogens is 485 g/mol. The number of benzene rings is 2. The summed E-state index contributed by atoms with van der Waals surface area (Å²) in [6.07, 6.45) is -11.5. The highest BCUT2D eigenvalue weighted by Gasteiger charge is 2.41. The van der Waals surface area contributed by atoms with Crippen LogP contribution in [0.25, 0.3) is 0 Å². The molecule has 1 saturated carbocycles. The lowest BCUT2D eigenvalue weighted by molar-refractivity contribution is -0.149. The quantitative estimate of drug-likeness (QED) is 0.366. The molecule has 0 radical (unpaired) electrons. The maximum absolute atomic E-state index is 13.4. The summed E-state index contributed by atoms with van der Waals surface area (Å²) in [7, 11) is 0. The number of carbonyl (C=O) groups excluding carboxylic acids is 1. The summed E-state index contributed by atoms with van der Waals surface area (Å²) in [6, 6.07) is 6.46. The molecule has 2 aromatic rings. The number of hydrogen-bond donors (Lipinski definition) is 1. The van der Waals surface area contributed by atoms with Crippen molar-refractivity contribution in [2.45, 2.75) is 50.2 Å². The predicted molar refractivity (Wildman–Crippen MR) is 110 cm³/mol. The summed E-state index contributed by atoms with van der Waals surface area (Å²) >= 11 is 0. The van der Waals surface area contributed by atoms with Gasteiger partial charge in [-0.25, -0.2) is 4.39 Å². The molecule has 0 aliphatic heterocycles. The van der Waals surface area contributed by atoms with Gasteiger partial charge in [0.1, 0.15) is 18.5 Å². The van der Waals surface area contributed by atoms with Crippen molar-refractivity contribution in [3.05, 3.63) is 70.5 Å². The van der Waals surface area contributed by atoms with Crippen LogP contribution in [0.15, 0.2) is 42.5 Å². The maximum atomic E-state index is 13.4. The molecule has 4 nitrogen and oxygen atoms in total. The van der Waals surface area contributed by atoms with Crippen molar-refractivity contribution < 1.29 is 50.1 Å². The molecule has 0 saturated heterocycles. The topological polar surface area (TPSA) is 55.8 Å². The molecule has 0 aromatic heterocycles. The van der Waals surface area contributed by atoms with Crippen LogP contribution < -0.4 is 0 Å². The molecule has 0 bridgehead atoms. The zero-order chi connectivity index (χ0) is 26.0. The van der Waals surface area contributed by atoms with Crippen LogP contribution in [-0.2, 0) is 26.6 Å². The molecule has 0 unspecified atom stereocenters. The molecule has 0 spiro atoms. The first kappa shape index (κ1) is 26.9. The lowest BCUT2D eigenvalue weighted by Crippen LogP contribution is -2.27. The zero-order valence-corrected chi connectivity index (χ0v) is 18.5. The number of aliphatic hydroxyl groups is 1. The summed E-state index contributed by atoms with van der Waals surface area (Å²) in [4.78, 5) is 11.4. The number of alkyl halides is 6. The molecule has 192 valence electrons. The highest BCUT2D eigenvalue weighted by atomic mass is 19.4. The largest absolute Gasteiger partial charge is 0.463 e. The average Bonchev–Trinajstić information content (AvgIpc) is 3.18. The van der Waals surface area contributed by atoms with Gasteiger partial charge in [-0.05, 0) is 60.2 Å². The van der Waals surface area contributed by atoms with E-state index in [9.17, 15) is 40.6 Å². The summed E-state index contributed by atoms with van der Waals surface area (Å²) < 4.78 is 105. The standard InChI is InChI=1S/C24H23F7O4/c1-13(33)34-12-21(16-8-17(23(26,27)28)10-18(9-16)24(29,30)31)35-20-7-4-15(11-32)22(20)14-2-5-19(25)6-3-14/h2-3,5-6,8-10,15,20-22,32H,4,7,11-12H2,1H3/t15-,20-,21+,22-/m0/s1. The molecule has 35 heavy (non-hydrogen) atoms. The molecule has 1 fully saturated rings. The smallest absolute Gasteiger partial charge is 0.416 e. The Kier molecular flexibility index (Phi) is 8.10. The van der Waals surface area contributed by atoms with Crippen molar-refractivity contribution in [1.29, 1.82) is 0 Å². The fraction of sp³-hybridized carbons (Fsp3) is 0.458. The first-order chi connectivity index (χ1) is 16.3. The van der Waals surface area contributed by atoms with Crippen molar-refractivity contribution in [3.63, 3.8) is 0 Å². The number of hydrogen-bond acceptors (Lipinski definition) is 4. The van der Waals surface area contributed by atoms with E-state index in [0.29, 0.717) is 30.5 Å². The van der Waals surface area contributed by atoms with Gasteiger partial charge < -0.3 is 14.6 Å². The average molecular weight is 508 g/mol. The Morgan fingerprint density at radius 3 is 2.06 bits per heavy atom. The van der Waals surface area contributed by atoms with E-state index in [-0.39, 0.29) is 18.6 Å². The number of aliphatic hydroxyl groups excluding tert-OH is 1. The minimum absolute atomic E-state index is 0.00503. The van der Waals surface area contributed by atoms with Crippen LogP contribution in [0.4, 0.5) is 30.7 Å². The lowest BCUT2D eigenvalue weighted by Gasteiger charge is -2.29. The Hall–Kier alpha value is -2.66. The second-order valence-corrected chi connectivity index (χ2v) is 8.40. The van der Waals surface area contributed by atoms with Gasteiger partial charge in [-0.15, -0.1) is 0 Å². The van der Waals surface area contributed by atoms with Crippen LogP contribution in [0, 0.1) is 11.7 Å². The fourth-order valence-electron chi connectivity index (χ4n) is 4.35. The first-order valence-corrected chi connectivity index (χ1v) is 10.7. The van der Waals surface area contributed by atoms with Gasteiger partial charge in [0.2, 0.25) is 0 Å². The van der Waals surface area contributed by atoms with Gasteiger partial charge >= 0.3 is 18.3 Å². The third kappa shape index (κ3) is 6.72. The van der Waals surface area contributed by atoms with E-state index >= 15 is 0 Å². The Labute approximate surface area is 196 Å². The summed E-state index contributed by atoms with van der Waals surface area (Å²) in [5.41, 5.74) is -2.90. The van der Waals surface area contributed by atoms with E-state index in [1.807, 2.05) is 0 Å². The normalized spacial score (nSPS) is 21.7. The van der Waals surface area contributed by atoms with Gasteiger partial charge in [0.25, 0.3) is 0 Å². The minimum atomic E-state index is -5.06. The van der Waals surface area contributed by atoms with E-state index in [4.69, 9.17) is 9.47 Å². The Morgan fingerprint density at radius 1 is 1.00 bits per heavy atom. The van der Waals surface area contributed by atoms with Gasteiger partial charge in [0.15, 0.2) is 0 Å². The lowest BCUT2D eigenvalue weighted by atomic mass is 9.88. The van der Waals surface area contributed by atoms with Gasteiger partial charge in [0.05, 0.1) is 17.2 Å². The maximum Gasteiger partial charge on any atom is 0.416 e. The molecule has 11 heteroatoms. The highest BCUT2D eigenvalue weighted by Crippen LogP contribution is 2.44. The zero-order valence-electron chi connectivity index (χ0n) is 18.5. The van der Waals surface area contributed by atoms with Crippen LogP contribution in [-0.4, -0.2) is 30.4 Å². The van der Waals surface area contributed by atoms with Crippen molar-refractivity contribution in [3.8, 4) is 0 Å². The molecule has 0 heterocycles. The van der Waals surface area contributed by atoms with Crippen LogP contribution in [0.5, 0.6) is 0 Å². The van der Waals surface area contributed by atoms with E-state index in [1.54, 1.807) is 0 Å². The van der Waals surface area contributed by atoms with E-state index in [1.165, 1.54) is 24.3 Å². The van der Waals surface area contributed by atoms with Crippen LogP contribution in [0.2, 0.25) is 0 Å². The summed E-state index contributed by atoms with van der Waals surface area (Å²) in [6.45, 7) is 0.172. The molecule has 0 amide bonds. The van der Waals surface area contributed by atoms with Gasteiger partial charge in [-0.3, -0.25) is 4.79 Å². The predicted octanol–water partition coefficient (Wildman–Crippen LogP) is 6.04. The molecule has 1 aliphatic carbocycles. The van der Waals surface area contributed by atoms with Crippen molar-refractivity contribution in [2.24, 2.45) is 5.92 Å². The van der Waals surface area contributed by atoms with Crippen molar-refractivity contribution in [1.82, 2.24) is 0 Å². The first-order valence-electron chi connectivity index (χ1n) is 10.7. The van der Waals surface area contributed by atoms with E-state index in [0.717, 1.165) is 6.92 Å². The summed E-state index contributed by atoms with van der Waals surface area (Å²) in [5, 5.41) is 9.80. The summed E-state index contributed by atoms with van der Waals surface area (Å²) in [5.74, 6) is -2.13. The minimum Gasteiger partial charge on any atom is -0.463 e. The van der Waals surface area contributed by atoms with Crippen molar-refractivity contribution in [2.75, 3.05) is 13.2 Å². The van der Waals surface area contributed by atoms with Crippen LogP contribution in [0.3, 0.4) is 0 Å². The number of ether oxygens (including phenoxy) is 2. The van der Waals surface area contributed by atoms with Crippen molar-refractivity contribution >= 4 is 5.97 Å². The van der Waals surface area contributed by atoms with Gasteiger partial charge in [-0.1, -0.05) is 12.1 Å². The molecule has 3 rings (SSSR count). The molecule has 4 atom stereocenters. The van der Waals surface area contributed by atoms with Gasteiger partial charge in [0, 0.05) is 19.4 Å². The van der Waals surface area contributed by atoms with E-state index < -0.39 is 65.6 Å². The third-order valence-electron chi connectivity index (χ3n) is 5.98. The van der Waals surface area contributed by atoms with Gasteiger partial charge in [-0.2, -0.15) is 26.3 Å². The number of esters is 1. The SMILES string of the molecule is CC(=O)OC[C@@H](O[C@H]1CC[C@@H](CO)[C@@H]1c1ccc(F)cc1)c1cc(C(F)(F)F)cc(C(F)(F)F)c1. The third-order valence-corrected chi connectivity index (χ3v) is 5.98. The monoisotopic (exact) mass is 508 g/mol. The van der Waals surface area contributed by atoms with Crippen LogP contribution in [0.1, 0.15) is 54.0 Å². The Bertz CT molecular complexity index is 986. The number of halogens is 7. The number of carbonyl (C=O) groups is 1. The second-order valence-electron chi connectivity index (χ2n) is 8.40.